The highest BCUT2D eigenvalue weighted by Crippen LogP contribution is 2.21. The van der Waals surface area contributed by atoms with Crippen LogP contribution < -0.4 is 5.32 Å². The topological polar surface area (TPSA) is 106 Å². The monoisotopic (exact) mass is 304 g/mol. The second-order valence-corrected chi connectivity index (χ2v) is 4.70. The summed E-state index contributed by atoms with van der Waals surface area (Å²) in [6.07, 6.45) is 0.965. The molecular weight excluding hydrogens is 288 g/mol. The van der Waals surface area contributed by atoms with E-state index in [0.29, 0.717) is 17.7 Å². The Morgan fingerprint density at radius 3 is 2.82 bits per heavy atom. The van der Waals surface area contributed by atoms with Crippen molar-refractivity contribution >= 4 is 11.6 Å². The summed E-state index contributed by atoms with van der Waals surface area (Å²) in [5.41, 5.74) is 0.662. The van der Waals surface area contributed by atoms with E-state index in [1.54, 1.807) is 18.2 Å². The lowest BCUT2D eigenvalue weighted by Crippen LogP contribution is -2.28. The lowest BCUT2D eigenvalue weighted by molar-refractivity contribution is -0.385. The summed E-state index contributed by atoms with van der Waals surface area (Å²) >= 11 is 0. The van der Waals surface area contributed by atoms with E-state index in [4.69, 9.17) is 4.42 Å². The number of nitrogens with zero attached hydrogens (tertiary/aromatic N) is 1. The first kappa shape index (κ1) is 15.7. The van der Waals surface area contributed by atoms with Gasteiger partial charge in [-0.25, -0.2) is 0 Å². The molecule has 7 heteroatoms. The fourth-order valence-corrected chi connectivity index (χ4v) is 2.05. The van der Waals surface area contributed by atoms with Crippen LogP contribution in [-0.4, -0.2) is 22.5 Å². The average Bonchev–Trinajstić information content (AvgIpc) is 3.06. The van der Waals surface area contributed by atoms with E-state index in [1.807, 2.05) is 6.92 Å². The summed E-state index contributed by atoms with van der Waals surface area (Å²) < 4.78 is 5.02. The van der Waals surface area contributed by atoms with Crippen LogP contribution in [0.25, 0.3) is 0 Å². The van der Waals surface area contributed by atoms with Gasteiger partial charge >= 0.3 is 0 Å². The Morgan fingerprint density at radius 2 is 2.23 bits per heavy atom. The van der Waals surface area contributed by atoms with Gasteiger partial charge in [0.25, 0.3) is 11.6 Å². The van der Waals surface area contributed by atoms with Crippen LogP contribution in [0.4, 0.5) is 5.69 Å². The molecule has 7 nitrogen and oxygen atoms in total. The lowest BCUT2D eigenvalue weighted by atomic mass is 10.1. The second-order valence-electron chi connectivity index (χ2n) is 4.70. The molecular formula is C15H16N2O5. The Bertz CT molecular complexity index is 667. The molecule has 0 bridgehead atoms. The molecule has 1 aromatic heterocycles. The maximum Gasteiger partial charge on any atom is 0.273 e. The molecule has 0 saturated heterocycles. The largest absolute Gasteiger partial charge is 0.467 e. The number of rotatable bonds is 6. The van der Waals surface area contributed by atoms with E-state index in [0.717, 1.165) is 0 Å². The predicted molar refractivity (Wildman–Crippen MR) is 78.5 cm³/mol. The summed E-state index contributed by atoms with van der Waals surface area (Å²) in [4.78, 5) is 22.5. The van der Waals surface area contributed by atoms with Gasteiger partial charge in [0.15, 0.2) is 0 Å². The molecule has 0 saturated carbocycles. The molecule has 2 rings (SSSR count). The molecule has 0 aliphatic carbocycles. The first-order valence-electron chi connectivity index (χ1n) is 6.80. The van der Waals surface area contributed by atoms with E-state index in [2.05, 4.69) is 5.32 Å². The Hall–Kier alpha value is -2.67. The van der Waals surface area contributed by atoms with Crippen molar-refractivity contribution in [2.75, 3.05) is 6.54 Å². The number of aryl methyl sites for hydroxylation is 1. The van der Waals surface area contributed by atoms with Gasteiger partial charge in [-0.2, -0.15) is 0 Å². The third-order valence-electron chi connectivity index (χ3n) is 3.25. The molecule has 2 N–H and O–H groups in total. The summed E-state index contributed by atoms with van der Waals surface area (Å²) in [7, 11) is 0. The number of nitro groups is 1. The van der Waals surface area contributed by atoms with Crippen LogP contribution >= 0.6 is 0 Å². The van der Waals surface area contributed by atoms with E-state index in [1.165, 1.54) is 18.4 Å². The van der Waals surface area contributed by atoms with E-state index >= 15 is 0 Å². The first-order chi connectivity index (χ1) is 10.5. The number of carbonyl (C=O) groups is 1. The number of amides is 1. The number of benzene rings is 1. The Labute approximate surface area is 126 Å². The standard InChI is InChI=1S/C15H16N2O5/c1-2-10-5-6-11(8-12(10)17(20)21)15(19)16-9-13(18)14-4-3-7-22-14/h3-8,13,18H,2,9H2,1H3,(H,16,19). The van der Waals surface area contributed by atoms with Crippen molar-refractivity contribution < 1.29 is 19.2 Å². The molecule has 22 heavy (non-hydrogen) atoms. The fraction of sp³-hybridized carbons (Fsp3) is 0.267. The second kappa shape index (κ2) is 6.86. The van der Waals surface area contributed by atoms with Gasteiger partial charge in [0.05, 0.1) is 17.7 Å². The van der Waals surface area contributed by atoms with Crippen LogP contribution in [-0.2, 0) is 6.42 Å². The van der Waals surface area contributed by atoms with Crippen molar-refractivity contribution in [3.8, 4) is 0 Å². The van der Waals surface area contributed by atoms with Gasteiger partial charge in [-0.05, 0) is 24.6 Å². The number of aliphatic hydroxyl groups is 1. The summed E-state index contributed by atoms with van der Waals surface area (Å²) in [6, 6.07) is 7.56. The fourth-order valence-electron chi connectivity index (χ4n) is 2.05. The molecule has 1 aromatic carbocycles. The minimum Gasteiger partial charge on any atom is -0.467 e. The lowest BCUT2D eigenvalue weighted by Gasteiger charge is -2.10. The van der Waals surface area contributed by atoms with E-state index in [-0.39, 0.29) is 17.8 Å². The highest BCUT2D eigenvalue weighted by atomic mass is 16.6. The van der Waals surface area contributed by atoms with Gasteiger partial charge in [-0.1, -0.05) is 13.0 Å². The van der Waals surface area contributed by atoms with Crippen LogP contribution in [0.15, 0.2) is 41.0 Å². The van der Waals surface area contributed by atoms with Gasteiger partial charge in [-0.15, -0.1) is 0 Å². The molecule has 1 heterocycles. The quantitative estimate of drug-likeness (QED) is 0.628. The molecule has 0 aliphatic heterocycles. The smallest absolute Gasteiger partial charge is 0.273 e. The van der Waals surface area contributed by atoms with Crippen LogP contribution in [0, 0.1) is 10.1 Å². The third kappa shape index (κ3) is 3.50. The molecule has 0 fully saturated rings. The number of hydrogen-bond acceptors (Lipinski definition) is 5. The number of nitrogens with one attached hydrogen (secondary N) is 1. The minimum atomic E-state index is -0.969. The minimum absolute atomic E-state index is 0.0460. The van der Waals surface area contributed by atoms with Gasteiger partial charge in [0, 0.05) is 17.2 Å². The molecule has 1 amide bonds. The molecule has 1 unspecified atom stereocenters. The predicted octanol–water partition coefficient (Wildman–Crippen LogP) is 2.21. The van der Waals surface area contributed by atoms with Crippen LogP contribution in [0.5, 0.6) is 0 Å². The maximum absolute atomic E-state index is 12.0. The molecule has 116 valence electrons. The molecule has 1 atom stereocenters. The normalized spacial score (nSPS) is 11.9. The zero-order chi connectivity index (χ0) is 16.1. The molecule has 2 aromatic rings. The van der Waals surface area contributed by atoms with Crippen LogP contribution in [0.3, 0.4) is 0 Å². The average molecular weight is 304 g/mol. The van der Waals surface area contributed by atoms with Crippen LogP contribution in [0.1, 0.15) is 34.7 Å². The number of carbonyl (C=O) groups excluding carboxylic acids is 1. The van der Waals surface area contributed by atoms with Gasteiger partial charge in [0.2, 0.25) is 0 Å². The Kier molecular flexibility index (Phi) is 4.90. The van der Waals surface area contributed by atoms with Crippen molar-refractivity contribution in [2.24, 2.45) is 0 Å². The highest BCUT2D eigenvalue weighted by molar-refractivity contribution is 5.95. The molecule has 0 radical (unpaired) electrons. The summed E-state index contributed by atoms with van der Waals surface area (Å²) in [6.45, 7) is 1.76. The number of hydrogen-bond donors (Lipinski definition) is 2. The van der Waals surface area contributed by atoms with Crippen molar-refractivity contribution in [3.63, 3.8) is 0 Å². The van der Waals surface area contributed by atoms with Crippen molar-refractivity contribution in [1.29, 1.82) is 0 Å². The van der Waals surface area contributed by atoms with Crippen LogP contribution in [0.2, 0.25) is 0 Å². The van der Waals surface area contributed by atoms with Crippen molar-refractivity contribution in [3.05, 3.63) is 63.6 Å². The van der Waals surface area contributed by atoms with Crippen molar-refractivity contribution in [2.45, 2.75) is 19.4 Å². The van der Waals surface area contributed by atoms with Gasteiger partial charge in [-0.3, -0.25) is 14.9 Å². The number of nitro benzene ring substituents is 1. The molecule has 0 spiro atoms. The summed E-state index contributed by atoms with van der Waals surface area (Å²) in [5.74, 6) is -0.149. The highest BCUT2D eigenvalue weighted by Gasteiger charge is 2.17. The van der Waals surface area contributed by atoms with Crippen molar-refractivity contribution in [1.82, 2.24) is 5.32 Å². The number of furan rings is 1. The third-order valence-corrected chi connectivity index (χ3v) is 3.25. The Balaban J connectivity index is 2.06. The summed E-state index contributed by atoms with van der Waals surface area (Å²) in [5, 5.41) is 23.3. The van der Waals surface area contributed by atoms with E-state index in [9.17, 15) is 20.0 Å². The zero-order valence-electron chi connectivity index (χ0n) is 12.0. The first-order valence-corrected chi connectivity index (χ1v) is 6.80. The van der Waals surface area contributed by atoms with E-state index < -0.39 is 16.9 Å². The SMILES string of the molecule is CCc1ccc(C(=O)NCC(O)c2ccco2)cc1[N+](=O)[O-]. The zero-order valence-corrected chi connectivity index (χ0v) is 12.0. The number of aliphatic hydroxyl groups excluding tert-OH is 1. The molecule has 0 aliphatic rings. The van der Waals surface area contributed by atoms with Gasteiger partial charge < -0.3 is 14.8 Å². The van der Waals surface area contributed by atoms with Gasteiger partial charge in [0.1, 0.15) is 11.9 Å². The Morgan fingerprint density at radius 1 is 1.45 bits per heavy atom. The maximum atomic E-state index is 12.0.